The standard InChI is InChI=1S/C12H14N4O7S2.Na.H/c13-24(19,20)8-3-1-2-7(6-8)14-12(18)15-5-4-9-10(15)11(17)16(9)25(21,22)23;;/h1-3,6,9-10H,4-5H2,(H,14,18)(H2,13,19,20)(H,21,22,23);;/t9-,10+;;/m1../s1. The van der Waals surface area contributed by atoms with Gasteiger partial charge in [0.05, 0.1) is 10.9 Å². The fourth-order valence-corrected chi connectivity index (χ4v) is 4.45. The molecule has 1 aromatic carbocycles. The normalized spacial score (nSPS) is 22.3. The second-order valence-electron chi connectivity index (χ2n) is 5.61. The Morgan fingerprint density at radius 2 is 1.92 bits per heavy atom. The third-order valence-corrected chi connectivity index (χ3v) is 5.92. The fraction of sp³-hybridized carbons (Fsp3) is 0.333. The van der Waals surface area contributed by atoms with Crippen molar-refractivity contribution in [2.24, 2.45) is 5.14 Å². The number of β-lactam (4-membered cyclic amide) rings is 1. The summed E-state index contributed by atoms with van der Waals surface area (Å²) in [5.74, 6) is -0.890. The molecule has 0 bridgehead atoms. The van der Waals surface area contributed by atoms with Gasteiger partial charge in [-0.3, -0.25) is 9.35 Å². The van der Waals surface area contributed by atoms with Crippen LogP contribution in [0.4, 0.5) is 10.5 Å². The van der Waals surface area contributed by atoms with Crippen LogP contribution in [0.25, 0.3) is 0 Å². The van der Waals surface area contributed by atoms with Gasteiger partial charge < -0.3 is 10.2 Å². The van der Waals surface area contributed by atoms with Crippen molar-refractivity contribution in [3.8, 4) is 0 Å². The topological polar surface area (TPSA) is 167 Å². The molecule has 0 aromatic heterocycles. The number of primary sulfonamides is 1. The average Bonchev–Trinajstić information content (AvgIpc) is 2.84. The molecular formula is C12H15N4NaO7S2. The van der Waals surface area contributed by atoms with E-state index in [-0.39, 0.29) is 53.1 Å². The zero-order valence-electron chi connectivity index (χ0n) is 12.6. The van der Waals surface area contributed by atoms with Crippen molar-refractivity contribution >= 4 is 67.5 Å². The van der Waals surface area contributed by atoms with E-state index in [9.17, 15) is 26.4 Å². The quantitative estimate of drug-likeness (QED) is 0.301. The van der Waals surface area contributed by atoms with Gasteiger partial charge in [0.15, 0.2) is 0 Å². The van der Waals surface area contributed by atoms with Gasteiger partial charge in [-0.2, -0.15) is 8.42 Å². The first-order valence-corrected chi connectivity index (χ1v) is 9.95. The molecule has 26 heavy (non-hydrogen) atoms. The molecule has 2 aliphatic rings. The number of urea groups is 1. The molecule has 0 aliphatic carbocycles. The summed E-state index contributed by atoms with van der Waals surface area (Å²) >= 11 is 0. The van der Waals surface area contributed by atoms with Crippen LogP contribution in [0.15, 0.2) is 29.2 Å². The number of rotatable bonds is 3. The van der Waals surface area contributed by atoms with Gasteiger partial charge in [0, 0.05) is 12.2 Å². The number of nitrogens with zero attached hydrogens (tertiary/aromatic N) is 2. The third kappa shape index (κ3) is 3.74. The zero-order chi connectivity index (χ0) is 18.6. The minimum absolute atomic E-state index is 0. The Hall–Kier alpha value is -1.22. The van der Waals surface area contributed by atoms with E-state index in [1.807, 2.05) is 0 Å². The van der Waals surface area contributed by atoms with E-state index >= 15 is 0 Å². The van der Waals surface area contributed by atoms with Crippen molar-refractivity contribution in [3.05, 3.63) is 24.3 Å². The molecule has 0 spiro atoms. The maximum absolute atomic E-state index is 12.3. The predicted octanol–water partition coefficient (Wildman–Crippen LogP) is -1.69. The molecule has 0 radical (unpaired) electrons. The van der Waals surface area contributed by atoms with Crippen molar-refractivity contribution in [3.63, 3.8) is 0 Å². The Bertz CT molecular complexity index is 966. The van der Waals surface area contributed by atoms with Gasteiger partial charge in [0.25, 0.3) is 5.91 Å². The molecule has 11 nitrogen and oxygen atoms in total. The molecular weight excluding hydrogens is 399 g/mol. The third-order valence-electron chi connectivity index (χ3n) is 4.06. The zero-order valence-corrected chi connectivity index (χ0v) is 14.2. The van der Waals surface area contributed by atoms with Crippen molar-refractivity contribution in [1.82, 2.24) is 9.21 Å². The maximum atomic E-state index is 12.3. The number of anilines is 1. The summed E-state index contributed by atoms with van der Waals surface area (Å²) in [5, 5.41) is 7.46. The van der Waals surface area contributed by atoms with Crippen LogP contribution in [0.2, 0.25) is 0 Å². The Labute approximate surface area is 171 Å². The van der Waals surface area contributed by atoms with Crippen molar-refractivity contribution in [2.75, 3.05) is 11.9 Å². The Morgan fingerprint density at radius 3 is 2.50 bits per heavy atom. The van der Waals surface area contributed by atoms with E-state index < -0.39 is 44.3 Å². The number of fused-ring (bicyclic) bond motifs is 1. The molecule has 3 amide bonds. The predicted molar refractivity (Wildman–Crippen MR) is 91.3 cm³/mol. The first kappa shape index (κ1) is 21.1. The second kappa shape index (κ2) is 7.07. The van der Waals surface area contributed by atoms with E-state index in [4.69, 9.17) is 9.69 Å². The molecule has 1 aromatic rings. The molecule has 138 valence electrons. The molecule has 2 atom stereocenters. The number of benzene rings is 1. The van der Waals surface area contributed by atoms with Crippen LogP contribution in [0.1, 0.15) is 6.42 Å². The number of hydrogen-bond acceptors (Lipinski definition) is 6. The molecule has 2 heterocycles. The molecule has 2 aliphatic heterocycles. The van der Waals surface area contributed by atoms with Crippen molar-refractivity contribution in [2.45, 2.75) is 23.4 Å². The number of carbonyl (C=O) groups excluding carboxylic acids is 2. The summed E-state index contributed by atoms with van der Waals surface area (Å²) in [6.45, 7) is 0.105. The van der Waals surface area contributed by atoms with Gasteiger partial charge in [-0.1, -0.05) is 6.07 Å². The molecule has 0 unspecified atom stereocenters. The minimum atomic E-state index is -4.65. The van der Waals surface area contributed by atoms with Gasteiger partial charge >= 0.3 is 45.9 Å². The SMILES string of the molecule is NS(=O)(=O)c1cccc(NC(=O)N2CC[C@@H]3[C@H]2C(=O)N3S(=O)(=O)O)c1.[NaH]. The average molecular weight is 414 g/mol. The van der Waals surface area contributed by atoms with Gasteiger partial charge in [-0.15, -0.1) is 0 Å². The summed E-state index contributed by atoms with van der Waals surface area (Å²) in [7, 11) is -8.60. The van der Waals surface area contributed by atoms with E-state index in [1.165, 1.54) is 18.2 Å². The number of nitrogens with two attached hydrogens (primary N) is 1. The summed E-state index contributed by atoms with van der Waals surface area (Å²) in [6, 6.07) is 2.77. The van der Waals surface area contributed by atoms with Crippen LogP contribution >= 0.6 is 0 Å². The number of carbonyl (C=O) groups is 2. The molecule has 2 saturated heterocycles. The van der Waals surface area contributed by atoms with Crippen molar-refractivity contribution < 1.29 is 31.0 Å². The fourth-order valence-electron chi connectivity index (χ4n) is 2.99. The Kier molecular flexibility index (Phi) is 5.73. The molecule has 3 rings (SSSR count). The molecule has 2 fully saturated rings. The van der Waals surface area contributed by atoms with Crippen LogP contribution < -0.4 is 10.5 Å². The molecule has 14 heteroatoms. The number of sulfonamides is 1. The summed E-state index contributed by atoms with van der Waals surface area (Å²) < 4.78 is 54.3. The summed E-state index contributed by atoms with van der Waals surface area (Å²) in [6.07, 6.45) is 0.195. The molecule has 4 N–H and O–H groups in total. The van der Waals surface area contributed by atoms with Gasteiger partial charge in [0.1, 0.15) is 6.04 Å². The summed E-state index contributed by atoms with van der Waals surface area (Å²) in [4.78, 5) is 25.2. The number of hydrogen-bond donors (Lipinski definition) is 3. The van der Waals surface area contributed by atoms with E-state index in [1.54, 1.807) is 0 Å². The van der Waals surface area contributed by atoms with Gasteiger partial charge in [-0.25, -0.2) is 22.7 Å². The van der Waals surface area contributed by atoms with Crippen LogP contribution in [0.3, 0.4) is 0 Å². The molecule has 0 saturated carbocycles. The number of nitrogens with one attached hydrogen (secondary N) is 1. The van der Waals surface area contributed by atoms with Crippen LogP contribution in [-0.2, 0) is 25.1 Å². The monoisotopic (exact) mass is 414 g/mol. The van der Waals surface area contributed by atoms with Crippen molar-refractivity contribution in [1.29, 1.82) is 0 Å². The van der Waals surface area contributed by atoms with Gasteiger partial charge in [0.2, 0.25) is 10.0 Å². The van der Waals surface area contributed by atoms with Crippen LogP contribution in [0, 0.1) is 0 Å². The van der Waals surface area contributed by atoms with E-state index in [2.05, 4.69) is 5.32 Å². The first-order chi connectivity index (χ1) is 11.5. The number of amides is 3. The van der Waals surface area contributed by atoms with Gasteiger partial charge in [-0.05, 0) is 24.6 Å². The van der Waals surface area contributed by atoms with E-state index in [0.29, 0.717) is 4.31 Å². The second-order valence-corrected chi connectivity index (χ2v) is 8.46. The number of likely N-dealkylation sites (tertiary alicyclic amines) is 1. The van der Waals surface area contributed by atoms with E-state index in [0.717, 1.165) is 11.0 Å². The van der Waals surface area contributed by atoms with Crippen LogP contribution in [0.5, 0.6) is 0 Å². The first-order valence-electron chi connectivity index (χ1n) is 7.01. The Morgan fingerprint density at radius 1 is 1.27 bits per heavy atom. The summed E-state index contributed by atoms with van der Waals surface area (Å²) in [5.41, 5.74) is 0.151. The Balaban J connectivity index is 0.00000243. The van der Waals surface area contributed by atoms with Crippen LogP contribution in [-0.4, -0.2) is 90.7 Å².